The van der Waals surface area contributed by atoms with Gasteiger partial charge in [-0.2, -0.15) is 0 Å². The van der Waals surface area contributed by atoms with Crippen molar-refractivity contribution < 1.29 is 9.53 Å². The van der Waals surface area contributed by atoms with Crippen LogP contribution in [-0.4, -0.2) is 61.3 Å². The highest BCUT2D eigenvalue weighted by Crippen LogP contribution is 2.08. The summed E-state index contributed by atoms with van der Waals surface area (Å²) in [6, 6.07) is 0.320. The lowest BCUT2D eigenvalue weighted by Crippen LogP contribution is -2.35. The van der Waals surface area contributed by atoms with Crippen molar-refractivity contribution in [3.63, 3.8) is 0 Å². The van der Waals surface area contributed by atoms with E-state index in [1.807, 2.05) is 0 Å². The van der Waals surface area contributed by atoms with Crippen molar-refractivity contribution in [1.29, 1.82) is 0 Å². The van der Waals surface area contributed by atoms with Crippen LogP contribution in [0.2, 0.25) is 0 Å². The van der Waals surface area contributed by atoms with Crippen molar-refractivity contribution in [3.8, 4) is 0 Å². The average molecular weight is 236 g/mol. The van der Waals surface area contributed by atoms with Gasteiger partial charge >= 0.3 is 6.09 Å². The number of cyclic esters (lactones) is 1. The number of likely N-dealkylation sites (tertiary alicyclic amines) is 1. The quantitative estimate of drug-likeness (QED) is 0.742. The predicted octanol–water partition coefficient (Wildman–Crippen LogP) is -0.107. The summed E-state index contributed by atoms with van der Waals surface area (Å²) >= 11 is 0. The molecule has 2 heterocycles. The fraction of sp³-hybridized carbons (Fsp3) is 0.889. The molecule has 5 nitrogen and oxygen atoms in total. The van der Waals surface area contributed by atoms with Gasteiger partial charge in [-0.25, -0.2) is 4.79 Å². The van der Waals surface area contributed by atoms with Gasteiger partial charge in [0.25, 0.3) is 0 Å². The maximum atomic E-state index is 11.1. The zero-order chi connectivity index (χ0) is 9.97. The number of nitrogens with two attached hydrogens (primary N) is 1. The van der Waals surface area contributed by atoms with E-state index >= 15 is 0 Å². The summed E-state index contributed by atoms with van der Waals surface area (Å²) in [6.45, 7) is 4.98. The lowest BCUT2D eigenvalue weighted by molar-refractivity contribution is 0.155. The van der Waals surface area contributed by atoms with E-state index in [0.29, 0.717) is 12.6 Å². The molecule has 15 heavy (non-hydrogen) atoms. The van der Waals surface area contributed by atoms with Gasteiger partial charge in [-0.05, 0) is 13.0 Å². The number of hydrogen-bond acceptors (Lipinski definition) is 4. The Morgan fingerprint density at radius 3 is 2.73 bits per heavy atom. The van der Waals surface area contributed by atoms with E-state index in [0.717, 1.165) is 39.1 Å². The molecule has 2 rings (SSSR count). The van der Waals surface area contributed by atoms with Crippen molar-refractivity contribution in [3.05, 3.63) is 0 Å². The summed E-state index contributed by atoms with van der Waals surface area (Å²) in [6.07, 6.45) is 0.901. The Morgan fingerprint density at radius 2 is 2.20 bits per heavy atom. The van der Waals surface area contributed by atoms with Crippen LogP contribution in [0.1, 0.15) is 6.42 Å². The first-order chi connectivity index (χ1) is 6.75. The molecule has 0 radical (unpaired) electrons. The molecule has 1 atom stereocenters. The maximum Gasteiger partial charge on any atom is 0.409 e. The third kappa shape index (κ3) is 3.22. The second-order valence-electron chi connectivity index (χ2n) is 3.95. The molecule has 0 aliphatic carbocycles. The minimum absolute atomic E-state index is 0. The van der Waals surface area contributed by atoms with Gasteiger partial charge in [0.05, 0.1) is 6.54 Å². The van der Waals surface area contributed by atoms with Gasteiger partial charge < -0.3 is 15.4 Å². The first-order valence-corrected chi connectivity index (χ1v) is 5.15. The van der Waals surface area contributed by atoms with Crippen LogP contribution in [0.25, 0.3) is 0 Å². The molecule has 2 aliphatic heterocycles. The summed E-state index contributed by atoms with van der Waals surface area (Å²) in [5.74, 6) is 0. The first-order valence-electron chi connectivity index (χ1n) is 5.15. The number of nitrogens with zero attached hydrogens (tertiary/aromatic N) is 2. The highest BCUT2D eigenvalue weighted by Gasteiger charge is 2.24. The number of hydrogen-bond donors (Lipinski definition) is 1. The molecule has 2 N–H and O–H groups in total. The third-order valence-electron chi connectivity index (χ3n) is 2.84. The Labute approximate surface area is 95.9 Å². The zero-order valence-corrected chi connectivity index (χ0v) is 9.54. The summed E-state index contributed by atoms with van der Waals surface area (Å²) in [5, 5.41) is 0. The average Bonchev–Trinajstić information content (AvgIpc) is 2.72. The van der Waals surface area contributed by atoms with Gasteiger partial charge in [-0.3, -0.25) is 4.90 Å². The largest absolute Gasteiger partial charge is 0.448 e. The summed E-state index contributed by atoms with van der Waals surface area (Å²) < 4.78 is 4.85. The minimum Gasteiger partial charge on any atom is -0.448 e. The van der Waals surface area contributed by atoms with Gasteiger partial charge in [0.2, 0.25) is 0 Å². The number of amides is 1. The van der Waals surface area contributed by atoms with Crippen molar-refractivity contribution in [2.45, 2.75) is 12.5 Å². The number of ether oxygens (including phenoxy) is 1. The molecule has 0 aromatic rings. The molecular formula is C9H18ClN3O2. The van der Waals surface area contributed by atoms with Crippen molar-refractivity contribution in [2.75, 3.05) is 39.3 Å². The van der Waals surface area contributed by atoms with E-state index < -0.39 is 0 Å². The number of halogens is 1. The van der Waals surface area contributed by atoms with Crippen LogP contribution in [0.3, 0.4) is 0 Å². The normalized spacial score (nSPS) is 26.6. The van der Waals surface area contributed by atoms with Crippen molar-refractivity contribution >= 4 is 18.5 Å². The van der Waals surface area contributed by atoms with E-state index in [2.05, 4.69) is 4.90 Å². The highest BCUT2D eigenvalue weighted by molar-refractivity contribution is 5.85. The molecule has 0 aromatic heterocycles. The monoisotopic (exact) mass is 235 g/mol. The topological polar surface area (TPSA) is 58.8 Å². The Bertz CT molecular complexity index is 227. The summed E-state index contributed by atoms with van der Waals surface area (Å²) in [5.41, 5.74) is 5.79. The molecule has 0 saturated carbocycles. The lowest BCUT2D eigenvalue weighted by atomic mass is 10.3. The second-order valence-corrected chi connectivity index (χ2v) is 3.95. The molecule has 2 aliphatic rings. The second kappa shape index (κ2) is 5.53. The Kier molecular flexibility index (Phi) is 4.63. The minimum atomic E-state index is -0.173. The van der Waals surface area contributed by atoms with E-state index in [4.69, 9.17) is 10.5 Å². The molecule has 2 fully saturated rings. The molecule has 1 amide bonds. The van der Waals surface area contributed by atoms with Crippen molar-refractivity contribution in [2.24, 2.45) is 5.73 Å². The van der Waals surface area contributed by atoms with Gasteiger partial charge in [0.1, 0.15) is 6.61 Å². The van der Waals surface area contributed by atoms with Crippen LogP contribution in [0.4, 0.5) is 4.79 Å². The Hall–Kier alpha value is -0.520. The number of carbonyl (C=O) groups excluding carboxylic acids is 1. The highest BCUT2D eigenvalue weighted by atomic mass is 35.5. The fourth-order valence-corrected chi connectivity index (χ4v) is 1.96. The van der Waals surface area contributed by atoms with E-state index in [1.165, 1.54) is 0 Å². The van der Waals surface area contributed by atoms with Crippen LogP contribution in [-0.2, 0) is 4.74 Å². The standard InChI is InChI=1S/C9H17N3O2.ClH/c10-8-1-2-11(7-8)3-4-12-5-6-14-9(12)13;/h8H,1-7,10H2;1H/t8-;/m1./s1. The van der Waals surface area contributed by atoms with Crippen LogP contribution < -0.4 is 5.73 Å². The van der Waals surface area contributed by atoms with Crippen LogP contribution in [0, 0.1) is 0 Å². The Balaban J connectivity index is 0.00000112. The molecule has 6 heteroatoms. The van der Waals surface area contributed by atoms with E-state index in [1.54, 1.807) is 4.90 Å². The van der Waals surface area contributed by atoms with E-state index in [9.17, 15) is 4.79 Å². The predicted molar refractivity (Wildman–Crippen MR) is 59.2 cm³/mol. The first kappa shape index (κ1) is 12.5. The molecule has 0 bridgehead atoms. The molecule has 0 unspecified atom stereocenters. The number of rotatable bonds is 3. The van der Waals surface area contributed by atoms with Crippen molar-refractivity contribution in [1.82, 2.24) is 9.80 Å². The van der Waals surface area contributed by atoms with Gasteiger partial charge in [0, 0.05) is 25.7 Å². The molecule has 2 saturated heterocycles. The number of carbonyl (C=O) groups is 1. The molecule has 88 valence electrons. The summed E-state index contributed by atoms with van der Waals surface area (Å²) in [4.78, 5) is 15.2. The van der Waals surface area contributed by atoms with Gasteiger partial charge in [0.15, 0.2) is 0 Å². The van der Waals surface area contributed by atoms with E-state index in [-0.39, 0.29) is 18.5 Å². The maximum absolute atomic E-state index is 11.1. The molecular weight excluding hydrogens is 218 g/mol. The van der Waals surface area contributed by atoms with Gasteiger partial charge in [-0.1, -0.05) is 0 Å². The zero-order valence-electron chi connectivity index (χ0n) is 8.72. The SMILES string of the molecule is Cl.N[C@@H]1CCN(CCN2CCOC2=O)C1. The smallest absolute Gasteiger partial charge is 0.409 e. The molecule has 0 aromatic carbocycles. The third-order valence-corrected chi connectivity index (χ3v) is 2.84. The lowest BCUT2D eigenvalue weighted by Gasteiger charge is -2.19. The Morgan fingerprint density at radius 1 is 1.40 bits per heavy atom. The van der Waals surface area contributed by atoms with Crippen LogP contribution in [0.5, 0.6) is 0 Å². The molecule has 0 spiro atoms. The summed E-state index contributed by atoms with van der Waals surface area (Å²) in [7, 11) is 0. The van der Waals surface area contributed by atoms with Crippen LogP contribution in [0.15, 0.2) is 0 Å². The van der Waals surface area contributed by atoms with Gasteiger partial charge in [-0.15, -0.1) is 12.4 Å². The fourth-order valence-electron chi connectivity index (χ4n) is 1.96. The van der Waals surface area contributed by atoms with Crippen LogP contribution >= 0.6 is 12.4 Å².